The molecule has 0 aromatic carbocycles. The molecule has 0 aliphatic heterocycles. The van der Waals surface area contributed by atoms with Gasteiger partial charge in [0.2, 0.25) is 0 Å². The van der Waals surface area contributed by atoms with Gasteiger partial charge in [0, 0.05) is 11.5 Å². The topological polar surface area (TPSA) is 43.1 Å². The van der Waals surface area contributed by atoms with E-state index in [1.54, 1.807) is 0 Å². The van der Waals surface area contributed by atoms with Gasteiger partial charge in [-0.25, -0.2) is 0 Å². The van der Waals surface area contributed by atoms with Crippen molar-refractivity contribution in [2.75, 3.05) is 0 Å². The van der Waals surface area contributed by atoms with Crippen LogP contribution in [0.5, 0.6) is 0 Å². The minimum atomic E-state index is -0.102. The van der Waals surface area contributed by atoms with Crippen LogP contribution in [0.15, 0.2) is 0 Å². The Labute approximate surface area is 78.9 Å². The highest BCUT2D eigenvalue weighted by atomic mass is 16.1. The molecule has 2 N–H and O–H groups in total. The van der Waals surface area contributed by atoms with Crippen LogP contribution in [0, 0.1) is 23.2 Å². The van der Waals surface area contributed by atoms with Crippen molar-refractivity contribution < 1.29 is 4.79 Å². The maximum absolute atomic E-state index is 11.2. The fraction of sp³-hybridized carbons (Fsp3) is 0.909. The summed E-state index contributed by atoms with van der Waals surface area (Å²) in [4.78, 5) is 11.2. The van der Waals surface area contributed by atoms with Gasteiger partial charge in [0.15, 0.2) is 0 Å². The predicted molar refractivity (Wildman–Crippen MR) is 50.0 cm³/mol. The van der Waals surface area contributed by atoms with Gasteiger partial charge in [-0.2, -0.15) is 0 Å². The first-order valence-corrected chi connectivity index (χ1v) is 5.45. The summed E-state index contributed by atoms with van der Waals surface area (Å²) in [6.45, 7) is 0. The molecule has 0 heterocycles. The molecule has 4 aliphatic rings. The lowest BCUT2D eigenvalue weighted by Gasteiger charge is -2.58. The molecular formula is C11H17NO. The summed E-state index contributed by atoms with van der Waals surface area (Å²) >= 11 is 0. The van der Waals surface area contributed by atoms with Crippen molar-refractivity contribution in [2.45, 2.75) is 38.1 Å². The lowest BCUT2D eigenvalue weighted by molar-refractivity contribution is -0.134. The molecular weight excluding hydrogens is 162 g/mol. The largest absolute Gasteiger partial charge is 0.327 e. The molecule has 3 unspecified atom stereocenters. The van der Waals surface area contributed by atoms with Gasteiger partial charge in [0.25, 0.3) is 0 Å². The highest BCUT2D eigenvalue weighted by Gasteiger charge is 2.55. The van der Waals surface area contributed by atoms with Gasteiger partial charge < -0.3 is 10.5 Å². The van der Waals surface area contributed by atoms with E-state index in [0.717, 1.165) is 24.7 Å². The second kappa shape index (κ2) is 2.35. The van der Waals surface area contributed by atoms with Crippen molar-refractivity contribution in [1.82, 2.24) is 0 Å². The normalized spacial score (nSPS) is 58.2. The molecule has 0 amide bonds. The Morgan fingerprint density at radius 2 is 1.77 bits per heavy atom. The summed E-state index contributed by atoms with van der Waals surface area (Å²) in [5.41, 5.74) is 6.08. The quantitative estimate of drug-likeness (QED) is 0.617. The minimum absolute atomic E-state index is 0.102. The fourth-order valence-electron chi connectivity index (χ4n) is 4.32. The number of rotatable bonds is 1. The van der Waals surface area contributed by atoms with Crippen LogP contribution in [0.4, 0.5) is 0 Å². The van der Waals surface area contributed by atoms with Gasteiger partial charge >= 0.3 is 0 Å². The molecule has 0 radical (unpaired) electrons. The highest BCUT2D eigenvalue weighted by molar-refractivity contribution is 5.62. The Hall–Kier alpha value is -0.370. The summed E-state index contributed by atoms with van der Waals surface area (Å²) in [5.74, 6) is 2.31. The first kappa shape index (κ1) is 7.98. The Morgan fingerprint density at radius 3 is 2.31 bits per heavy atom. The standard InChI is InChI=1S/C11H17NO/c12-10-9-2-7-1-8(3-9)5-11(10,4-7)6-13/h6-10H,1-5,12H2. The molecule has 4 bridgehead atoms. The van der Waals surface area contributed by atoms with Gasteiger partial charge in [-0.1, -0.05) is 0 Å². The zero-order valence-corrected chi connectivity index (χ0v) is 7.91. The minimum Gasteiger partial charge on any atom is -0.327 e. The third kappa shape index (κ3) is 0.899. The molecule has 2 nitrogen and oxygen atoms in total. The third-order valence-electron chi connectivity index (χ3n) is 4.68. The summed E-state index contributed by atoms with van der Waals surface area (Å²) in [7, 11) is 0. The Morgan fingerprint density at radius 1 is 1.15 bits per heavy atom. The first-order chi connectivity index (χ1) is 6.23. The summed E-state index contributed by atoms with van der Waals surface area (Å²) in [6, 6.07) is 0.179. The summed E-state index contributed by atoms with van der Waals surface area (Å²) in [6.07, 6.45) is 7.33. The Bertz CT molecular complexity index is 236. The number of carbonyl (C=O) groups is 1. The van der Waals surface area contributed by atoms with E-state index < -0.39 is 0 Å². The lowest BCUT2D eigenvalue weighted by atomic mass is 9.48. The molecule has 0 saturated heterocycles. The van der Waals surface area contributed by atoms with Crippen LogP contribution in [0.25, 0.3) is 0 Å². The number of nitrogens with two attached hydrogens (primary N) is 1. The number of carbonyl (C=O) groups excluding carboxylic acids is 1. The van der Waals surface area contributed by atoms with Crippen LogP contribution < -0.4 is 5.73 Å². The number of hydrogen-bond acceptors (Lipinski definition) is 2. The Kier molecular flexibility index (Phi) is 1.44. The van der Waals surface area contributed by atoms with E-state index in [1.165, 1.54) is 25.5 Å². The predicted octanol–water partition coefficient (Wildman–Crippen LogP) is 1.34. The van der Waals surface area contributed by atoms with Gasteiger partial charge in [-0.3, -0.25) is 0 Å². The van der Waals surface area contributed by atoms with E-state index in [-0.39, 0.29) is 11.5 Å². The second-order valence-corrected chi connectivity index (χ2v) is 5.48. The molecule has 13 heavy (non-hydrogen) atoms. The molecule has 4 aliphatic carbocycles. The van der Waals surface area contributed by atoms with Gasteiger partial charge in [-0.15, -0.1) is 0 Å². The summed E-state index contributed by atoms with van der Waals surface area (Å²) < 4.78 is 0. The van der Waals surface area contributed by atoms with Crippen LogP contribution in [0.1, 0.15) is 32.1 Å². The molecule has 2 heteroatoms. The Balaban J connectivity index is 2.00. The third-order valence-corrected chi connectivity index (χ3v) is 4.68. The van der Waals surface area contributed by atoms with Crippen LogP contribution in [0.3, 0.4) is 0 Å². The zero-order valence-electron chi connectivity index (χ0n) is 7.91. The van der Waals surface area contributed by atoms with Crippen molar-refractivity contribution >= 4 is 6.29 Å². The van der Waals surface area contributed by atoms with Crippen molar-refractivity contribution in [3.05, 3.63) is 0 Å². The van der Waals surface area contributed by atoms with E-state index >= 15 is 0 Å². The lowest BCUT2D eigenvalue weighted by Crippen LogP contribution is -2.60. The van der Waals surface area contributed by atoms with Crippen molar-refractivity contribution in [2.24, 2.45) is 28.9 Å². The monoisotopic (exact) mass is 179 g/mol. The van der Waals surface area contributed by atoms with E-state index in [9.17, 15) is 4.79 Å². The maximum Gasteiger partial charge on any atom is 0.127 e. The molecule has 0 aromatic heterocycles. The molecule has 0 aromatic rings. The van der Waals surface area contributed by atoms with E-state index in [0.29, 0.717) is 5.92 Å². The highest BCUT2D eigenvalue weighted by Crippen LogP contribution is 2.58. The number of aldehydes is 1. The molecule has 72 valence electrons. The zero-order chi connectivity index (χ0) is 9.05. The molecule has 4 rings (SSSR count). The molecule has 4 saturated carbocycles. The summed E-state index contributed by atoms with van der Waals surface area (Å²) in [5, 5.41) is 0. The van der Waals surface area contributed by atoms with E-state index in [4.69, 9.17) is 5.73 Å². The van der Waals surface area contributed by atoms with Crippen LogP contribution in [0.2, 0.25) is 0 Å². The number of hydrogen-bond donors (Lipinski definition) is 1. The van der Waals surface area contributed by atoms with E-state index in [1.807, 2.05) is 0 Å². The molecule has 0 spiro atoms. The average molecular weight is 179 g/mol. The van der Waals surface area contributed by atoms with Gasteiger partial charge in [0.05, 0.1) is 0 Å². The van der Waals surface area contributed by atoms with Gasteiger partial charge in [-0.05, 0) is 49.9 Å². The molecule has 3 atom stereocenters. The average Bonchev–Trinajstić information content (AvgIpc) is 2.12. The van der Waals surface area contributed by atoms with Gasteiger partial charge in [0.1, 0.15) is 6.29 Å². The van der Waals surface area contributed by atoms with Crippen molar-refractivity contribution in [1.29, 1.82) is 0 Å². The SMILES string of the molecule is NC1C2CC3CC(C2)CC1(C=O)C3. The van der Waals surface area contributed by atoms with Crippen molar-refractivity contribution in [3.8, 4) is 0 Å². The first-order valence-electron chi connectivity index (χ1n) is 5.45. The van der Waals surface area contributed by atoms with Crippen LogP contribution in [-0.4, -0.2) is 12.3 Å². The smallest absolute Gasteiger partial charge is 0.127 e. The van der Waals surface area contributed by atoms with E-state index in [2.05, 4.69) is 0 Å². The van der Waals surface area contributed by atoms with Crippen molar-refractivity contribution in [3.63, 3.8) is 0 Å². The second-order valence-electron chi connectivity index (χ2n) is 5.48. The van der Waals surface area contributed by atoms with Crippen LogP contribution in [-0.2, 0) is 4.79 Å². The maximum atomic E-state index is 11.2. The van der Waals surface area contributed by atoms with Crippen LogP contribution >= 0.6 is 0 Å². The fourth-order valence-corrected chi connectivity index (χ4v) is 4.32. The molecule has 4 fully saturated rings.